The highest BCUT2D eigenvalue weighted by Gasteiger charge is 2.35. The number of halogens is 1. The largest absolute Gasteiger partial charge is 0.339 e. The second-order valence-corrected chi connectivity index (χ2v) is 8.28. The Hall–Kier alpha value is -3.28. The molecule has 5 nitrogen and oxygen atoms in total. The molecule has 2 N–H and O–H groups in total. The van der Waals surface area contributed by atoms with Gasteiger partial charge in [-0.2, -0.15) is 4.98 Å². The van der Waals surface area contributed by atoms with Gasteiger partial charge in [-0.15, -0.1) is 0 Å². The Kier molecular flexibility index (Phi) is 4.78. The van der Waals surface area contributed by atoms with Crippen molar-refractivity contribution in [1.29, 1.82) is 0 Å². The summed E-state index contributed by atoms with van der Waals surface area (Å²) in [7, 11) is 0. The molecule has 29 heavy (non-hydrogen) atoms. The molecule has 0 saturated heterocycles. The average Bonchev–Trinajstić information content (AvgIpc) is 2.64. The standard InChI is InChI=1S/C23H23FN4O/c1-14-4-8-17(9-5-14)26-22-27-18-12-23(2,3)13-19(29)20(18)21(28-22)25-16-10-6-15(24)7-11-16/h4-11H,12-13H2,1-3H3,(H2,25,26,27,28). The minimum absolute atomic E-state index is 0.0164. The lowest BCUT2D eigenvalue weighted by Gasteiger charge is -2.30. The fourth-order valence-corrected chi connectivity index (χ4v) is 3.55. The highest BCUT2D eigenvalue weighted by Crippen LogP contribution is 2.37. The minimum atomic E-state index is -0.320. The van der Waals surface area contributed by atoms with Gasteiger partial charge in [-0.1, -0.05) is 31.5 Å². The number of hydrogen-bond acceptors (Lipinski definition) is 5. The summed E-state index contributed by atoms with van der Waals surface area (Å²) in [6.07, 6.45) is 1.11. The summed E-state index contributed by atoms with van der Waals surface area (Å²) in [4.78, 5) is 22.1. The molecule has 0 fully saturated rings. The summed E-state index contributed by atoms with van der Waals surface area (Å²) in [5, 5.41) is 6.40. The monoisotopic (exact) mass is 390 g/mol. The van der Waals surface area contributed by atoms with Crippen molar-refractivity contribution >= 4 is 28.9 Å². The summed E-state index contributed by atoms with van der Waals surface area (Å²) in [6.45, 7) is 6.16. The lowest BCUT2D eigenvalue weighted by molar-refractivity contribution is 0.0911. The molecule has 4 rings (SSSR count). The molecule has 0 atom stereocenters. The zero-order valence-electron chi connectivity index (χ0n) is 16.7. The van der Waals surface area contributed by atoms with Gasteiger partial charge in [-0.25, -0.2) is 9.37 Å². The molecule has 6 heteroatoms. The van der Waals surface area contributed by atoms with Crippen LogP contribution in [-0.4, -0.2) is 15.8 Å². The van der Waals surface area contributed by atoms with E-state index in [2.05, 4.69) is 34.4 Å². The van der Waals surface area contributed by atoms with Gasteiger partial charge < -0.3 is 10.6 Å². The van der Waals surface area contributed by atoms with Crippen molar-refractivity contribution in [3.8, 4) is 0 Å². The van der Waals surface area contributed by atoms with Crippen molar-refractivity contribution in [2.45, 2.75) is 33.6 Å². The SMILES string of the molecule is Cc1ccc(Nc2nc3c(c(Nc4ccc(F)cc4)n2)C(=O)CC(C)(C)C3)cc1. The molecule has 0 unspecified atom stereocenters. The van der Waals surface area contributed by atoms with Crippen molar-refractivity contribution in [1.82, 2.24) is 9.97 Å². The van der Waals surface area contributed by atoms with Crippen LogP contribution in [0.4, 0.5) is 27.5 Å². The number of carbonyl (C=O) groups is 1. The molecule has 0 saturated carbocycles. The molecule has 1 heterocycles. The smallest absolute Gasteiger partial charge is 0.229 e. The fourth-order valence-electron chi connectivity index (χ4n) is 3.55. The maximum Gasteiger partial charge on any atom is 0.229 e. The predicted molar refractivity (Wildman–Crippen MR) is 113 cm³/mol. The molecule has 1 aliphatic rings. The number of nitrogens with one attached hydrogen (secondary N) is 2. The summed E-state index contributed by atoms with van der Waals surface area (Å²) in [5.41, 5.74) is 3.76. The molecule has 2 aromatic carbocycles. The second kappa shape index (κ2) is 7.28. The van der Waals surface area contributed by atoms with Crippen LogP contribution < -0.4 is 10.6 Å². The van der Waals surface area contributed by atoms with E-state index in [9.17, 15) is 9.18 Å². The van der Waals surface area contributed by atoms with Crippen LogP contribution in [-0.2, 0) is 6.42 Å². The molecule has 0 aliphatic heterocycles. The quantitative estimate of drug-likeness (QED) is 0.610. The van der Waals surface area contributed by atoms with Crippen molar-refractivity contribution in [3.05, 3.63) is 71.2 Å². The third kappa shape index (κ3) is 4.26. The third-order valence-corrected chi connectivity index (χ3v) is 4.96. The first-order chi connectivity index (χ1) is 13.8. The first kappa shape index (κ1) is 19.1. The summed E-state index contributed by atoms with van der Waals surface area (Å²) in [6, 6.07) is 13.9. The van der Waals surface area contributed by atoms with Crippen LogP contribution in [0, 0.1) is 18.2 Å². The number of nitrogens with zero attached hydrogens (tertiary/aromatic N) is 2. The van der Waals surface area contributed by atoms with Crippen LogP contribution in [0.25, 0.3) is 0 Å². The number of aromatic nitrogens is 2. The molecule has 0 bridgehead atoms. The summed E-state index contributed by atoms with van der Waals surface area (Å²) >= 11 is 0. The Morgan fingerprint density at radius 2 is 1.52 bits per heavy atom. The molecule has 0 amide bonds. The lowest BCUT2D eigenvalue weighted by Crippen LogP contribution is -2.29. The highest BCUT2D eigenvalue weighted by molar-refractivity contribution is 6.03. The first-order valence-corrected chi connectivity index (χ1v) is 9.59. The predicted octanol–water partition coefficient (Wildman–Crippen LogP) is 5.57. The number of rotatable bonds is 4. The van der Waals surface area contributed by atoms with Gasteiger partial charge in [0.05, 0.1) is 11.3 Å². The van der Waals surface area contributed by atoms with Gasteiger partial charge in [0.1, 0.15) is 11.6 Å². The van der Waals surface area contributed by atoms with Gasteiger partial charge in [-0.05, 0) is 55.2 Å². The Labute approximate surface area is 169 Å². The Bertz CT molecular complexity index is 1060. The van der Waals surface area contributed by atoms with E-state index in [4.69, 9.17) is 0 Å². The number of benzene rings is 2. The number of Topliss-reactive ketones (excluding diaryl/α,β-unsaturated/α-hetero) is 1. The Morgan fingerprint density at radius 1 is 0.897 bits per heavy atom. The van der Waals surface area contributed by atoms with E-state index in [0.29, 0.717) is 35.9 Å². The topological polar surface area (TPSA) is 66.9 Å². The molecule has 0 radical (unpaired) electrons. The van der Waals surface area contributed by atoms with E-state index in [1.807, 2.05) is 31.2 Å². The number of fused-ring (bicyclic) bond motifs is 1. The minimum Gasteiger partial charge on any atom is -0.339 e. The van der Waals surface area contributed by atoms with E-state index in [1.54, 1.807) is 12.1 Å². The second-order valence-electron chi connectivity index (χ2n) is 8.28. The molecular formula is C23H23FN4O. The van der Waals surface area contributed by atoms with E-state index >= 15 is 0 Å². The van der Waals surface area contributed by atoms with Crippen LogP contribution >= 0.6 is 0 Å². The van der Waals surface area contributed by atoms with Gasteiger partial charge in [0.25, 0.3) is 0 Å². The molecule has 3 aromatic rings. The zero-order valence-corrected chi connectivity index (χ0v) is 16.7. The Morgan fingerprint density at radius 3 is 2.21 bits per heavy atom. The number of carbonyl (C=O) groups excluding carboxylic acids is 1. The zero-order chi connectivity index (χ0) is 20.6. The van der Waals surface area contributed by atoms with E-state index in [-0.39, 0.29) is 17.0 Å². The number of anilines is 4. The van der Waals surface area contributed by atoms with Crippen LogP contribution in [0.1, 0.15) is 41.9 Å². The fraction of sp³-hybridized carbons (Fsp3) is 0.261. The van der Waals surface area contributed by atoms with Gasteiger partial charge in [0, 0.05) is 17.8 Å². The number of ketones is 1. The molecular weight excluding hydrogens is 367 g/mol. The van der Waals surface area contributed by atoms with Crippen LogP contribution in [0.5, 0.6) is 0 Å². The van der Waals surface area contributed by atoms with Crippen LogP contribution in [0.2, 0.25) is 0 Å². The molecule has 0 spiro atoms. The molecule has 1 aromatic heterocycles. The van der Waals surface area contributed by atoms with E-state index < -0.39 is 0 Å². The van der Waals surface area contributed by atoms with Gasteiger partial charge in [0.2, 0.25) is 5.95 Å². The van der Waals surface area contributed by atoms with Gasteiger partial charge in [0.15, 0.2) is 5.78 Å². The summed E-state index contributed by atoms with van der Waals surface area (Å²) < 4.78 is 13.3. The third-order valence-electron chi connectivity index (χ3n) is 4.96. The van der Waals surface area contributed by atoms with Crippen molar-refractivity contribution in [2.75, 3.05) is 10.6 Å². The first-order valence-electron chi connectivity index (χ1n) is 9.59. The number of aryl methyl sites for hydroxylation is 1. The maximum absolute atomic E-state index is 13.3. The normalized spacial score (nSPS) is 15.0. The maximum atomic E-state index is 13.3. The lowest BCUT2D eigenvalue weighted by atomic mass is 9.75. The van der Waals surface area contributed by atoms with E-state index in [1.165, 1.54) is 12.1 Å². The van der Waals surface area contributed by atoms with Crippen molar-refractivity contribution in [2.24, 2.45) is 5.41 Å². The van der Waals surface area contributed by atoms with Crippen LogP contribution in [0.15, 0.2) is 48.5 Å². The van der Waals surface area contributed by atoms with E-state index in [0.717, 1.165) is 16.9 Å². The van der Waals surface area contributed by atoms with Gasteiger partial charge in [-0.3, -0.25) is 4.79 Å². The van der Waals surface area contributed by atoms with Crippen LogP contribution in [0.3, 0.4) is 0 Å². The molecule has 148 valence electrons. The Balaban J connectivity index is 1.75. The number of hydrogen-bond donors (Lipinski definition) is 2. The summed E-state index contributed by atoms with van der Waals surface area (Å²) in [5.74, 6) is 0.557. The average molecular weight is 390 g/mol. The van der Waals surface area contributed by atoms with Crippen molar-refractivity contribution < 1.29 is 9.18 Å². The molecule has 1 aliphatic carbocycles. The highest BCUT2D eigenvalue weighted by atomic mass is 19.1. The van der Waals surface area contributed by atoms with Gasteiger partial charge >= 0.3 is 0 Å². The van der Waals surface area contributed by atoms with Crippen molar-refractivity contribution in [3.63, 3.8) is 0 Å².